The van der Waals surface area contributed by atoms with Crippen LogP contribution in [0.1, 0.15) is 23.8 Å². The second-order valence-electron chi connectivity index (χ2n) is 8.38. The Morgan fingerprint density at radius 3 is 2.68 bits per heavy atom. The molecule has 0 unspecified atom stereocenters. The summed E-state index contributed by atoms with van der Waals surface area (Å²) in [7, 11) is 0. The minimum absolute atomic E-state index is 0.0555. The Bertz CT molecular complexity index is 1660. The van der Waals surface area contributed by atoms with Crippen LogP contribution in [0.3, 0.4) is 0 Å². The molecule has 0 saturated carbocycles. The first kappa shape index (κ1) is 23.7. The summed E-state index contributed by atoms with van der Waals surface area (Å²) in [6.07, 6.45) is 2.10. The monoisotopic (exact) mass is 546 g/mol. The van der Waals surface area contributed by atoms with Crippen LogP contribution in [0.2, 0.25) is 5.02 Å². The number of amides is 1. The number of H-pyrrole nitrogens is 1. The lowest BCUT2D eigenvalue weighted by atomic mass is 10.0. The van der Waals surface area contributed by atoms with Crippen LogP contribution in [0.25, 0.3) is 21.3 Å². The van der Waals surface area contributed by atoms with Gasteiger partial charge in [0, 0.05) is 22.4 Å². The Hall–Kier alpha value is -3.66. The van der Waals surface area contributed by atoms with Crippen LogP contribution in [0.15, 0.2) is 97.8 Å². The Balaban J connectivity index is 1.24. The Labute approximate surface area is 224 Å². The molecule has 1 aliphatic heterocycles. The van der Waals surface area contributed by atoms with Gasteiger partial charge in [-0.25, -0.2) is 9.99 Å². The molecule has 0 spiro atoms. The average Bonchev–Trinajstić information content (AvgIpc) is 3.68. The highest BCUT2D eigenvalue weighted by atomic mass is 35.5. The van der Waals surface area contributed by atoms with Crippen LogP contribution in [0.4, 0.5) is 0 Å². The summed E-state index contributed by atoms with van der Waals surface area (Å²) in [4.78, 5) is 34.3. The molecule has 3 aromatic heterocycles. The summed E-state index contributed by atoms with van der Waals surface area (Å²) in [6, 6.07) is 20.4. The fraction of sp³-hybridized carbons (Fsp3) is 0.111. The van der Waals surface area contributed by atoms with Crippen LogP contribution < -0.4 is 5.56 Å². The molecule has 4 heterocycles. The van der Waals surface area contributed by atoms with E-state index in [2.05, 4.69) is 15.1 Å². The number of fused-ring (bicyclic) bond motifs is 1. The first-order valence-corrected chi connectivity index (χ1v) is 13.7. The zero-order chi connectivity index (χ0) is 25.4. The number of thioether (sulfide) groups is 1. The van der Waals surface area contributed by atoms with Crippen molar-refractivity contribution in [3.63, 3.8) is 0 Å². The second-order valence-corrected chi connectivity index (χ2v) is 10.6. The summed E-state index contributed by atoms with van der Waals surface area (Å²) >= 11 is 8.62. The highest BCUT2D eigenvalue weighted by molar-refractivity contribution is 7.99. The number of hydrogen-bond acceptors (Lipinski definition) is 7. The maximum atomic E-state index is 13.3. The second kappa shape index (κ2) is 10.0. The average molecular weight is 547 g/mol. The maximum absolute atomic E-state index is 13.3. The molecule has 184 valence electrons. The molecule has 1 amide bonds. The SMILES string of the molecule is O=C(CSc1nc2scc(-c3ccccc3)c2c(=O)[nH]1)N1N=C(c2ccc(Cl)cc2)C[C@H]1c1ccco1. The molecule has 1 atom stereocenters. The number of nitrogens with zero attached hydrogens (tertiary/aromatic N) is 3. The lowest BCUT2D eigenvalue weighted by molar-refractivity contribution is -0.130. The Kier molecular flexibility index (Phi) is 6.42. The molecule has 5 aromatic rings. The zero-order valence-corrected chi connectivity index (χ0v) is 21.6. The molecule has 0 bridgehead atoms. The lowest BCUT2D eigenvalue weighted by Gasteiger charge is -2.19. The summed E-state index contributed by atoms with van der Waals surface area (Å²) < 4.78 is 5.61. The van der Waals surface area contributed by atoms with Gasteiger partial charge in [-0.15, -0.1) is 11.3 Å². The van der Waals surface area contributed by atoms with Crippen LogP contribution in [0.5, 0.6) is 0 Å². The highest BCUT2D eigenvalue weighted by Crippen LogP contribution is 2.35. The van der Waals surface area contributed by atoms with Gasteiger partial charge in [0.2, 0.25) is 0 Å². The fourth-order valence-electron chi connectivity index (χ4n) is 4.28. The molecule has 7 nitrogen and oxygen atoms in total. The number of benzene rings is 2. The molecule has 1 N–H and O–H groups in total. The number of nitrogens with one attached hydrogen (secondary N) is 1. The van der Waals surface area contributed by atoms with Crippen molar-refractivity contribution in [2.45, 2.75) is 17.6 Å². The summed E-state index contributed by atoms with van der Waals surface area (Å²) in [6.45, 7) is 0. The quantitative estimate of drug-likeness (QED) is 0.197. The number of hydrogen-bond donors (Lipinski definition) is 1. The van der Waals surface area contributed by atoms with Crippen LogP contribution >= 0.6 is 34.7 Å². The van der Waals surface area contributed by atoms with Gasteiger partial charge in [0.05, 0.1) is 23.1 Å². The van der Waals surface area contributed by atoms with Crippen molar-refractivity contribution in [3.8, 4) is 11.1 Å². The van der Waals surface area contributed by atoms with Gasteiger partial charge < -0.3 is 9.40 Å². The first-order valence-electron chi connectivity index (χ1n) is 11.5. The molecule has 0 radical (unpaired) electrons. The van der Waals surface area contributed by atoms with E-state index >= 15 is 0 Å². The Morgan fingerprint density at radius 2 is 1.92 bits per heavy atom. The van der Waals surface area contributed by atoms with Crippen molar-refractivity contribution in [3.05, 3.63) is 105 Å². The van der Waals surface area contributed by atoms with Gasteiger partial charge in [-0.1, -0.05) is 65.8 Å². The van der Waals surface area contributed by atoms with Gasteiger partial charge in [-0.2, -0.15) is 5.10 Å². The molecule has 0 aliphatic carbocycles. The van der Waals surface area contributed by atoms with Crippen molar-refractivity contribution in [2.24, 2.45) is 5.10 Å². The van der Waals surface area contributed by atoms with Crippen molar-refractivity contribution >= 4 is 56.5 Å². The van der Waals surface area contributed by atoms with E-state index in [1.54, 1.807) is 24.5 Å². The van der Waals surface area contributed by atoms with E-state index < -0.39 is 0 Å². The third kappa shape index (κ3) is 4.73. The number of rotatable bonds is 6. The Morgan fingerprint density at radius 1 is 1.11 bits per heavy atom. The molecule has 1 aliphatic rings. The van der Waals surface area contributed by atoms with Gasteiger partial charge in [-0.3, -0.25) is 9.59 Å². The summed E-state index contributed by atoms with van der Waals surface area (Å²) in [5, 5.41) is 9.62. The molecule has 6 rings (SSSR count). The molecule has 0 saturated heterocycles. The number of furan rings is 1. The number of aromatic amines is 1. The van der Waals surface area contributed by atoms with E-state index in [1.165, 1.54) is 28.1 Å². The molecular weight excluding hydrogens is 528 g/mol. The normalized spacial score (nSPS) is 15.3. The lowest BCUT2D eigenvalue weighted by Crippen LogP contribution is -2.28. The van der Waals surface area contributed by atoms with E-state index in [0.717, 1.165) is 22.4 Å². The topological polar surface area (TPSA) is 91.6 Å². The fourth-order valence-corrected chi connectivity index (χ4v) is 6.13. The van der Waals surface area contributed by atoms with Crippen LogP contribution in [0, 0.1) is 0 Å². The van der Waals surface area contributed by atoms with Crippen molar-refractivity contribution < 1.29 is 9.21 Å². The number of thiophene rings is 1. The molecule has 0 fully saturated rings. The van der Waals surface area contributed by atoms with Gasteiger partial charge in [0.25, 0.3) is 11.5 Å². The maximum Gasteiger partial charge on any atom is 0.260 e. The molecule has 2 aromatic carbocycles. The van der Waals surface area contributed by atoms with Crippen molar-refractivity contribution in [1.29, 1.82) is 0 Å². The largest absolute Gasteiger partial charge is 0.467 e. The predicted octanol–water partition coefficient (Wildman–Crippen LogP) is 6.37. The number of aromatic nitrogens is 2. The van der Waals surface area contributed by atoms with Gasteiger partial charge in [0.1, 0.15) is 16.6 Å². The third-order valence-corrected chi connectivity index (χ3v) is 8.04. The molecular formula is C27H19ClN4O3S2. The van der Waals surface area contributed by atoms with E-state index in [-0.39, 0.29) is 23.3 Å². The minimum atomic E-state index is -0.353. The highest BCUT2D eigenvalue weighted by Gasteiger charge is 2.34. The van der Waals surface area contributed by atoms with Gasteiger partial charge in [0.15, 0.2) is 5.16 Å². The van der Waals surface area contributed by atoms with Crippen molar-refractivity contribution in [2.75, 3.05) is 5.75 Å². The predicted molar refractivity (Wildman–Crippen MR) is 147 cm³/mol. The first-order chi connectivity index (χ1) is 18.1. The number of carbonyl (C=O) groups is 1. The summed E-state index contributed by atoms with van der Waals surface area (Å²) in [5.41, 5.74) is 3.26. The minimum Gasteiger partial charge on any atom is -0.467 e. The van der Waals surface area contributed by atoms with Gasteiger partial charge >= 0.3 is 0 Å². The standard InChI is InChI=1S/C27H19ClN4O3S2/c28-18-10-8-17(9-11-18)20-13-21(22-7-4-12-35-22)32(31-20)23(33)15-37-27-29-25(34)24-19(14-36-26(24)30-27)16-5-2-1-3-6-16/h1-12,14,21H,13,15H2,(H,29,30,34)/t21-/m0/s1. The molecule has 37 heavy (non-hydrogen) atoms. The van der Waals surface area contributed by atoms with E-state index in [0.29, 0.717) is 32.6 Å². The van der Waals surface area contributed by atoms with Crippen molar-refractivity contribution in [1.82, 2.24) is 15.0 Å². The summed E-state index contributed by atoms with van der Waals surface area (Å²) in [5.74, 6) is 0.500. The van der Waals surface area contributed by atoms with E-state index in [1.807, 2.05) is 53.9 Å². The van der Waals surface area contributed by atoms with E-state index in [4.69, 9.17) is 16.0 Å². The third-order valence-electron chi connectivity index (χ3n) is 6.05. The van der Waals surface area contributed by atoms with Crippen LogP contribution in [-0.2, 0) is 4.79 Å². The smallest absolute Gasteiger partial charge is 0.260 e. The zero-order valence-electron chi connectivity index (χ0n) is 19.3. The number of carbonyl (C=O) groups excluding carboxylic acids is 1. The van der Waals surface area contributed by atoms with E-state index in [9.17, 15) is 9.59 Å². The number of halogens is 1. The van der Waals surface area contributed by atoms with Gasteiger partial charge in [-0.05, 0) is 35.4 Å². The van der Waals surface area contributed by atoms with Crippen LogP contribution in [-0.4, -0.2) is 32.3 Å². The number of hydrazone groups is 1. The molecule has 10 heteroatoms.